The van der Waals surface area contributed by atoms with E-state index < -0.39 is 0 Å². The van der Waals surface area contributed by atoms with Crippen LogP contribution >= 0.6 is 23.8 Å². The summed E-state index contributed by atoms with van der Waals surface area (Å²) >= 11 is 11.4. The van der Waals surface area contributed by atoms with Gasteiger partial charge in [0.1, 0.15) is 0 Å². The molecule has 2 heterocycles. The van der Waals surface area contributed by atoms with Crippen LogP contribution < -0.4 is 5.69 Å². The van der Waals surface area contributed by atoms with Gasteiger partial charge in [0, 0.05) is 18.1 Å². The van der Waals surface area contributed by atoms with Gasteiger partial charge in [0.2, 0.25) is 4.77 Å². The maximum Gasteiger partial charge on any atom is 0.349 e. The molecule has 4 nitrogen and oxygen atoms in total. The highest BCUT2D eigenvalue weighted by Gasteiger charge is 2.18. The molecule has 0 fully saturated rings. The largest absolute Gasteiger partial charge is 0.349 e. The van der Waals surface area contributed by atoms with Crippen LogP contribution in [0.2, 0.25) is 5.02 Å². The minimum Gasteiger partial charge on any atom is -0.256 e. The predicted octanol–water partition coefficient (Wildman–Crippen LogP) is 2.93. The predicted molar refractivity (Wildman–Crippen MR) is 77.8 cm³/mol. The Morgan fingerprint density at radius 2 is 1.89 bits per heavy atom. The van der Waals surface area contributed by atoms with E-state index in [4.69, 9.17) is 23.8 Å². The number of aromatic nitrogens is 3. The van der Waals surface area contributed by atoms with E-state index in [0.29, 0.717) is 9.79 Å². The second kappa shape index (κ2) is 4.65. The molecule has 0 atom stereocenters. The summed E-state index contributed by atoms with van der Waals surface area (Å²) in [5, 5.41) is 0.664. The summed E-state index contributed by atoms with van der Waals surface area (Å²) in [4.78, 5) is 12.5. The van der Waals surface area contributed by atoms with Gasteiger partial charge in [0.05, 0.1) is 5.69 Å². The lowest BCUT2D eigenvalue weighted by Gasteiger charge is -2.14. The molecule has 1 aromatic heterocycles. The van der Waals surface area contributed by atoms with Crippen molar-refractivity contribution in [1.29, 1.82) is 0 Å². The zero-order valence-electron chi connectivity index (χ0n) is 10.6. The first kappa shape index (κ1) is 12.7. The smallest absolute Gasteiger partial charge is 0.256 e. The van der Waals surface area contributed by atoms with Gasteiger partial charge in [-0.2, -0.15) is 0 Å². The van der Waals surface area contributed by atoms with Crippen molar-refractivity contribution >= 4 is 23.8 Å². The highest BCUT2D eigenvalue weighted by Crippen LogP contribution is 2.19. The van der Waals surface area contributed by atoms with Crippen LogP contribution in [0.15, 0.2) is 23.0 Å². The second-order valence-corrected chi connectivity index (χ2v) is 5.59. The van der Waals surface area contributed by atoms with Crippen molar-refractivity contribution < 1.29 is 0 Å². The van der Waals surface area contributed by atoms with Crippen molar-refractivity contribution in [2.45, 2.75) is 32.9 Å². The first-order chi connectivity index (χ1) is 9.09. The van der Waals surface area contributed by atoms with Crippen molar-refractivity contribution in [2.24, 2.45) is 0 Å². The van der Waals surface area contributed by atoms with Crippen molar-refractivity contribution in [3.8, 4) is 5.69 Å². The Morgan fingerprint density at radius 1 is 1.21 bits per heavy atom. The third kappa shape index (κ3) is 1.97. The van der Waals surface area contributed by atoms with Gasteiger partial charge in [-0.3, -0.25) is 4.68 Å². The molecule has 1 aliphatic heterocycles. The summed E-state index contributed by atoms with van der Waals surface area (Å²) in [6, 6.07) is 5.48. The maximum atomic E-state index is 12.5. The topological polar surface area (TPSA) is 31.9 Å². The van der Waals surface area contributed by atoms with E-state index in [1.54, 1.807) is 15.3 Å². The summed E-state index contributed by atoms with van der Waals surface area (Å²) in [5.41, 5.74) is 1.70. The molecule has 0 saturated carbocycles. The van der Waals surface area contributed by atoms with Crippen LogP contribution in [-0.4, -0.2) is 13.9 Å². The van der Waals surface area contributed by atoms with Gasteiger partial charge in [0.15, 0.2) is 0 Å². The van der Waals surface area contributed by atoms with Gasteiger partial charge < -0.3 is 0 Å². The molecule has 1 aliphatic rings. The summed E-state index contributed by atoms with van der Waals surface area (Å²) in [6.45, 7) is 3.49. The standard InChI is InChI=1S/C13H14ClN3OS/c1-9-8-10(14)4-5-11(9)17-12(18)15-6-2-3-7-16(15)13(17)19/h4-5,8H,2-3,6-7H2,1H3. The summed E-state index contributed by atoms with van der Waals surface area (Å²) in [5.74, 6) is 0. The number of halogens is 1. The van der Waals surface area contributed by atoms with Gasteiger partial charge in [-0.1, -0.05) is 11.6 Å². The van der Waals surface area contributed by atoms with E-state index in [9.17, 15) is 4.79 Å². The quantitative estimate of drug-likeness (QED) is 0.758. The number of fused-ring (bicyclic) bond motifs is 1. The van der Waals surface area contributed by atoms with Crippen molar-refractivity contribution in [3.05, 3.63) is 44.0 Å². The monoisotopic (exact) mass is 295 g/mol. The molecule has 0 aliphatic carbocycles. The molecule has 0 amide bonds. The first-order valence-electron chi connectivity index (χ1n) is 6.29. The third-order valence-corrected chi connectivity index (χ3v) is 4.13. The molecule has 0 unspecified atom stereocenters. The second-order valence-electron chi connectivity index (χ2n) is 4.78. The molecular formula is C13H14ClN3OS. The Labute approximate surface area is 120 Å². The third-order valence-electron chi connectivity index (χ3n) is 3.51. The number of benzene rings is 1. The normalized spacial score (nSPS) is 14.4. The van der Waals surface area contributed by atoms with Crippen LogP contribution in [0.1, 0.15) is 18.4 Å². The Balaban J connectivity index is 2.29. The summed E-state index contributed by atoms with van der Waals surface area (Å²) in [7, 11) is 0. The van der Waals surface area contributed by atoms with Crippen LogP contribution in [0.4, 0.5) is 0 Å². The van der Waals surface area contributed by atoms with E-state index in [-0.39, 0.29) is 5.69 Å². The number of hydrogen-bond acceptors (Lipinski definition) is 2. The molecule has 100 valence electrons. The molecule has 6 heteroatoms. The number of rotatable bonds is 1. The van der Waals surface area contributed by atoms with Crippen LogP contribution in [0.25, 0.3) is 5.69 Å². The van der Waals surface area contributed by atoms with E-state index >= 15 is 0 Å². The van der Waals surface area contributed by atoms with Gasteiger partial charge >= 0.3 is 5.69 Å². The van der Waals surface area contributed by atoms with Crippen LogP contribution in [0.5, 0.6) is 0 Å². The molecule has 2 aromatic rings. The Kier molecular flexibility index (Phi) is 3.11. The first-order valence-corrected chi connectivity index (χ1v) is 7.07. The molecular weight excluding hydrogens is 282 g/mol. The molecule has 0 saturated heterocycles. The van der Waals surface area contributed by atoms with Gasteiger partial charge in [-0.05, 0) is 55.7 Å². The van der Waals surface area contributed by atoms with Gasteiger partial charge in [-0.15, -0.1) is 0 Å². The van der Waals surface area contributed by atoms with Crippen LogP contribution in [-0.2, 0) is 13.1 Å². The van der Waals surface area contributed by atoms with E-state index in [2.05, 4.69) is 0 Å². The number of hydrogen-bond donors (Lipinski definition) is 0. The maximum absolute atomic E-state index is 12.5. The average Bonchev–Trinajstić information content (AvgIpc) is 2.64. The molecule has 19 heavy (non-hydrogen) atoms. The zero-order valence-corrected chi connectivity index (χ0v) is 12.2. The van der Waals surface area contributed by atoms with Crippen molar-refractivity contribution in [2.75, 3.05) is 0 Å². The minimum atomic E-state index is -0.0601. The fourth-order valence-corrected chi connectivity index (χ4v) is 3.14. The molecule has 0 radical (unpaired) electrons. The average molecular weight is 296 g/mol. The van der Waals surface area contributed by atoms with E-state index in [1.165, 1.54) is 0 Å². The Hall–Kier alpha value is -1.33. The lowest BCUT2D eigenvalue weighted by Crippen LogP contribution is -2.29. The lowest BCUT2D eigenvalue weighted by molar-refractivity contribution is 0.352. The SMILES string of the molecule is Cc1cc(Cl)ccc1-n1c(=O)n2n(c1=S)CCCC2. The minimum absolute atomic E-state index is 0.0601. The van der Waals surface area contributed by atoms with E-state index in [1.807, 2.05) is 23.7 Å². The molecule has 1 aromatic carbocycles. The Bertz CT molecular complexity index is 719. The van der Waals surface area contributed by atoms with E-state index in [0.717, 1.165) is 37.2 Å². The fourth-order valence-electron chi connectivity index (χ4n) is 2.55. The fraction of sp³-hybridized carbons (Fsp3) is 0.385. The van der Waals surface area contributed by atoms with Gasteiger partial charge in [-0.25, -0.2) is 14.0 Å². The molecule has 0 bridgehead atoms. The molecule has 0 N–H and O–H groups in total. The Morgan fingerprint density at radius 3 is 2.53 bits per heavy atom. The summed E-state index contributed by atoms with van der Waals surface area (Å²) < 4.78 is 5.80. The summed E-state index contributed by atoms with van der Waals surface area (Å²) in [6.07, 6.45) is 2.09. The van der Waals surface area contributed by atoms with Crippen molar-refractivity contribution in [1.82, 2.24) is 13.9 Å². The van der Waals surface area contributed by atoms with Gasteiger partial charge in [0.25, 0.3) is 0 Å². The lowest BCUT2D eigenvalue weighted by atomic mass is 10.2. The molecule has 3 rings (SSSR count). The van der Waals surface area contributed by atoms with Crippen LogP contribution in [0, 0.1) is 11.7 Å². The van der Waals surface area contributed by atoms with Crippen molar-refractivity contribution in [3.63, 3.8) is 0 Å². The highest BCUT2D eigenvalue weighted by atomic mass is 35.5. The number of aryl methyl sites for hydroxylation is 1. The van der Waals surface area contributed by atoms with Crippen LogP contribution in [0.3, 0.4) is 0 Å². The molecule has 0 spiro atoms. The highest BCUT2D eigenvalue weighted by molar-refractivity contribution is 7.71. The number of nitrogens with zero attached hydrogens (tertiary/aromatic N) is 3. The zero-order chi connectivity index (χ0) is 13.6.